The average Bonchev–Trinajstić information content (AvgIpc) is 3.13. The van der Waals surface area contributed by atoms with E-state index in [2.05, 4.69) is 5.32 Å². The fourth-order valence-corrected chi connectivity index (χ4v) is 4.07. The minimum atomic E-state index is -1.01. The number of carbonyl (C=O) groups is 2. The van der Waals surface area contributed by atoms with E-state index >= 15 is 0 Å². The number of hydrogen-bond acceptors (Lipinski definition) is 7. The number of aromatic carboxylic acids is 1. The molecule has 1 aromatic heterocycles. The van der Waals surface area contributed by atoms with Crippen LogP contribution in [0, 0.1) is 0 Å². The monoisotopic (exact) mass is 448 g/mol. The number of fused-ring (bicyclic) bond motifs is 1. The van der Waals surface area contributed by atoms with Crippen LogP contribution in [0.1, 0.15) is 36.0 Å². The standard InChI is InChI=1S/C22H28N2O6S/c1-22(2,3)30-21(27)23-9-10-24-16(12-28-11-15-7-5-4-6-8-15)13-29-17-14-31-19(18(17)24)20(25)26/h4-8,14,16H,9-13H2,1-3H3,(H,23,27)(H,25,26)/t16-/m0/s1. The second-order valence-electron chi connectivity index (χ2n) is 8.17. The Morgan fingerprint density at radius 1 is 1.29 bits per heavy atom. The third-order valence-corrected chi connectivity index (χ3v) is 5.46. The number of carboxylic acid groups (broad SMARTS) is 1. The van der Waals surface area contributed by atoms with Gasteiger partial charge in [0.25, 0.3) is 0 Å². The van der Waals surface area contributed by atoms with E-state index < -0.39 is 17.7 Å². The summed E-state index contributed by atoms with van der Waals surface area (Å²) < 4.78 is 17.0. The summed E-state index contributed by atoms with van der Waals surface area (Å²) in [5, 5.41) is 14.0. The predicted molar refractivity (Wildman–Crippen MR) is 118 cm³/mol. The van der Waals surface area contributed by atoms with Crippen LogP contribution in [0.15, 0.2) is 35.7 Å². The molecule has 0 saturated carbocycles. The van der Waals surface area contributed by atoms with Crippen LogP contribution in [-0.2, 0) is 16.1 Å². The zero-order valence-electron chi connectivity index (χ0n) is 17.9. The lowest BCUT2D eigenvalue weighted by Crippen LogP contribution is -2.49. The van der Waals surface area contributed by atoms with Gasteiger partial charge in [0.1, 0.15) is 22.8 Å². The number of hydrogen-bond donors (Lipinski definition) is 2. The van der Waals surface area contributed by atoms with E-state index in [9.17, 15) is 14.7 Å². The van der Waals surface area contributed by atoms with Gasteiger partial charge in [-0.2, -0.15) is 0 Å². The Bertz CT molecular complexity index is 893. The van der Waals surface area contributed by atoms with E-state index in [0.29, 0.717) is 44.3 Å². The van der Waals surface area contributed by atoms with Crippen LogP contribution in [0.5, 0.6) is 5.75 Å². The van der Waals surface area contributed by atoms with Crippen molar-refractivity contribution in [2.75, 3.05) is 31.2 Å². The molecular weight excluding hydrogens is 420 g/mol. The summed E-state index contributed by atoms with van der Waals surface area (Å²) in [6, 6.07) is 9.63. The Hall–Kier alpha value is -2.78. The topological polar surface area (TPSA) is 97.3 Å². The van der Waals surface area contributed by atoms with Crippen molar-refractivity contribution in [3.63, 3.8) is 0 Å². The molecule has 1 aliphatic heterocycles. The van der Waals surface area contributed by atoms with E-state index in [0.717, 1.165) is 16.9 Å². The van der Waals surface area contributed by atoms with E-state index in [4.69, 9.17) is 14.2 Å². The van der Waals surface area contributed by atoms with E-state index in [1.807, 2.05) is 35.2 Å². The minimum Gasteiger partial charge on any atom is -0.488 e. The SMILES string of the molecule is CC(C)(C)OC(=O)NCCN1c2c(csc2C(=O)O)OC[C@@H]1COCc1ccccc1. The fourth-order valence-electron chi connectivity index (χ4n) is 3.23. The van der Waals surface area contributed by atoms with Gasteiger partial charge in [-0.3, -0.25) is 0 Å². The quantitative estimate of drug-likeness (QED) is 0.635. The van der Waals surface area contributed by atoms with Crippen LogP contribution >= 0.6 is 11.3 Å². The lowest BCUT2D eigenvalue weighted by atomic mass is 10.2. The van der Waals surface area contributed by atoms with Crippen molar-refractivity contribution in [3.05, 3.63) is 46.2 Å². The molecule has 8 nitrogen and oxygen atoms in total. The largest absolute Gasteiger partial charge is 0.488 e. The first kappa shape index (κ1) is 22.9. The number of alkyl carbamates (subject to hydrolysis) is 1. The van der Waals surface area contributed by atoms with Crippen molar-refractivity contribution in [3.8, 4) is 5.75 Å². The summed E-state index contributed by atoms with van der Waals surface area (Å²) in [6.07, 6.45) is -0.512. The number of rotatable bonds is 8. The molecule has 2 N–H and O–H groups in total. The Morgan fingerprint density at radius 2 is 2.03 bits per heavy atom. The van der Waals surface area contributed by atoms with Crippen LogP contribution in [0.3, 0.4) is 0 Å². The zero-order valence-corrected chi connectivity index (χ0v) is 18.7. The maximum Gasteiger partial charge on any atom is 0.407 e. The van der Waals surface area contributed by atoms with Crippen LogP contribution in [0.2, 0.25) is 0 Å². The molecule has 2 heterocycles. The molecule has 0 saturated heterocycles. The Kier molecular flexibility index (Phi) is 7.40. The highest BCUT2D eigenvalue weighted by molar-refractivity contribution is 7.13. The molecule has 0 aliphatic carbocycles. The average molecular weight is 449 g/mol. The van der Waals surface area contributed by atoms with Gasteiger partial charge in [0.05, 0.1) is 19.3 Å². The Labute approximate surface area is 185 Å². The van der Waals surface area contributed by atoms with Gasteiger partial charge in [-0.1, -0.05) is 30.3 Å². The van der Waals surface area contributed by atoms with Crippen LogP contribution in [0.4, 0.5) is 10.5 Å². The summed E-state index contributed by atoms with van der Waals surface area (Å²) >= 11 is 1.13. The summed E-state index contributed by atoms with van der Waals surface area (Å²) in [6.45, 7) is 7.25. The fraction of sp³-hybridized carbons (Fsp3) is 0.455. The number of carbonyl (C=O) groups excluding carboxylic acids is 1. The predicted octanol–water partition coefficient (Wildman–Crippen LogP) is 3.76. The second kappa shape index (κ2) is 10.0. The van der Waals surface area contributed by atoms with Crippen molar-refractivity contribution >= 4 is 29.1 Å². The summed E-state index contributed by atoms with van der Waals surface area (Å²) in [5.41, 5.74) is 0.997. The molecule has 2 aromatic rings. The third kappa shape index (κ3) is 6.35. The number of anilines is 1. The first-order chi connectivity index (χ1) is 14.7. The highest BCUT2D eigenvalue weighted by atomic mass is 32.1. The van der Waals surface area contributed by atoms with Gasteiger partial charge in [0.15, 0.2) is 5.75 Å². The maximum absolute atomic E-state index is 12.0. The molecule has 0 bridgehead atoms. The normalized spacial score (nSPS) is 15.7. The van der Waals surface area contributed by atoms with Crippen molar-refractivity contribution in [2.45, 2.75) is 39.0 Å². The number of nitrogens with one attached hydrogen (secondary N) is 1. The first-order valence-corrected chi connectivity index (χ1v) is 11.0. The van der Waals surface area contributed by atoms with Gasteiger partial charge in [-0.05, 0) is 26.3 Å². The number of nitrogens with zero attached hydrogens (tertiary/aromatic N) is 1. The van der Waals surface area contributed by atoms with Gasteiger partial charge in [0, 0.05) is 18.5 Å². The molecule has 9 heteroatoms. The van der Waals surface area contributed by atoms with Gasteiger partial charge >= 0.3 is 12.1 Å². The van der Waals surface area contributed by atoms with E-state index in [1.54, 1.807) is 26.2 Å². The van der Waals surface area contributed by atoms with Crippen molar-refractivity contribution in [1.82, 2.24) is 5.32 Å². The molecule has 31 heavy (non-hydrogen) atoms. The zero-order chi connectivity index (χ0) is 22.4. The molecule has 168 valence electrons. The smallest absolute Gasteiger partial charge is 0.407 e. The minimum absolute atomic E-state index is 0.190. The molecule has 1 aromatic carbocycles. The van der Waals surface area contributed by atoms with E-state index in [1.165, 1.54) is 0 Å². The summed E-state index contributed by atoms with van der Waals surface area (Å²) in [5.74, 6) is -0.468. The number of ether oxygens (including phenoxy) is 3. The van der Waals surface area contributed by atoms with E-state index in [-0.39, 0.29) is 10.9 Å². The molecular formula is C22H28N2O6S. The highest BCUT2D eigenvalue weighted by Gasteiger charge is 2.33. The number of carboxylic acids is 1. The van der Waals surface area contributed by atoms with Crippen LogP contribution in [-0.4, -0.2) is 55.1 Å². The molecule has 0 unspecified atom stereocenters. The van der Waals surface area contributed by atoms with Gasteiger partial charge in [-0.25, -0.2) is 9.59 Å². The Balaban J connectivity index is 1.67. The molecule has 1 aliphatic rings. The van der Waals surface area contributed by atoms with Gasteiger partial charge < -0.3 is 29.5 Å². The van der Waals surface area contributed by atoms with Crippen molar-refractivity contribution in [1.29, 1.82) is 0 Å². The molecule has 3 rings (SSSR count). The van der Waals surface area contributed by atoms with Gasteiger partial charge in [-0.15, -0.1) is 11.3 Å². The summed E-state index contributed by atoms with van der Waals surface area (Å²) in [7, 11) is 0. The third-order valence-electron chi connectivity index (χ3n) is 4.53. The molecule has 0 fully saturated rings. The van der Waals surface area contributed by atoms with Gasteiger partial charge in [0.2, 0.25) is 0 Å². The maximum atomic E-state index is 12.0. The second-order valence-corrected chi connectivity index (χ2v) is 9.05. The van der Waals surface area contributed by atoms with Crippen molar-refractivity contribution in [2.24, 2.45) is 0 Å². The van der Waals surface area contributed by atoms with Crippen LogP contribution < -0.4 is 15.0 Å². The van der Waals surface area contributed by atoms with Crippen molar-refractivity contribution < 1.29 is 28.9 Å². The number of amides is 1. The molecule has 0 radical (unpaired) electrons. The van der Waals surface area contributed by atoms with Crippen LogP contribution in [0.25, 0.3) is 0 Å². The number of benzene rings is 1. The first-order valence-electron chi connectivity index (χ1n) is 10.1. The lowest BCUT2D eigenvalue weighted by molar-refractivity contribution is 0.0526. The summed E-state index contributed by atoms with van der Waals surface area (Å²) in [4.78, 5) is 25.9. The lowest BCUT2D eigenvalue weighted by Gasteiger charge is -2.37. The molecule has 0 spiro atoms. The highest BCUT2D eigenvalue weighted by Crippen LogP contribution is 2.41. The molecule has 1 amide bonds. The molecule has 1 atom stereocenters. The number of thiophene rings is 1. The Morgan fingerprint density at radius 3 is 2.71 bits per heavy atom.